The molecule has 0 spiro atoms. The van der Waals surface area contributed by atoms with Gasteiger partial charge in [0.05, 0.1) is 15.9 Å². The van der Waals surface area contributed by atoms with Crippen molar-refractivity contribution < 1.29 is 5.11 Å². The van der Waals surface area contributed by atoms with Gasteiger partial charge >= 0.3 is 5.69 Å². The molecule has 0 saturated carbocycles. The van der Waals surface area contributed by atoms with Crippen LogP contribution in [0.15, 0.2) is 86.4 Å². The molecule has 2 heterocycles. The van der Waals surface area contributed by atoms with Crippen LogP contribution >= 0.6 is 11.8 Å². The molecule has 0 unspecified atom stereocenters. The number of aromatic hydroxyl groups is 1. The summed E-state index contributed by atoms with van der Waals surface area (Å²) >= 11 is 1.47. The molecule has 0 saturated heterocycles. The third-order valence-corrected chi connectivity index (χ3v) is 7.52. The first-order valence-corrected chi connectivity index (χ1v) is 12.9. The minimum absolute atomic E-state index is 0.188. The van der Waals surface area contributed by atoms with Crippen LogP contribution in [0.2, 0.25) is 0 Å². The van der Waals surface area contributed by atoms with Gasteiger partial charge in [-0.25, -0.2) is 4.79 Å². The standard InChI is InChI=1S/C29H29N3O3S/c1-19(2)16-32-25-18-31(17-21-10-5-4-8-20-9-6-7-11-24(20)21)28(26(25)27(34)30(3)29(32)35)36-23-14-12-22(33)13-15-23/h5-15,18-19,33H,4,16-17H2,1-3H3. The van der Waals surface area contributed by atoms with E-state index >= 15 is 0 Å². The van der Waals surface area contributed by atoms with Crippen LogP contribution in [0.3, 0.4) is 0 Å². The van der Waals surface area contributed by atoms with Crippen LogP contribution in [0.4, 0.5) is 0 Å². The van der Waals surface area contributed by atoms with Crippen LogP contribution in [0, 0.1) is 5.92 Å². The smallest absolute Gasteiger partial charge is 0.331 e. The summed E-state index contributed by atoms with van der Waals surface area (Å²) in [6.07, 6.45) is 9.33. The molecule has 5 rings (SSSR count). The summed E-state index contributed by atoms with van der Waals surface area (Å²) in [7, 11) is 1.54. The Labute approximate surface area is 213 Å². The van der Waals surface area contributed by atoms with Crippen LogP contribution in [0.5, 0.6) is 5.75 Å². The Hall–Kier alpha value is -3.71. The number of allylic oxidation sites excluding steroid dienone is 2. The molecule has 0 radical (unpaired) electrons. The molecular formula is C29H29N3O3S. The third-order valence-electron chi connectivity index (χ3n) is 6.38. The largest absolute Gasteiger partial charge is 0.508 e. The summed E-state index contributed by atoms with van der Waals surface area (Å²) in [5, 5.41) is 13.4. The van der Waals surface area contributed by atoms with Gasteiger partial charge in [0.2, 0.25) is 0 Å². The summed E-state index contributed by atoms with van der Waals surface area (Å²) in [5.41, 5.74) is 1.18. The first-order chi connectivity index (χ1) is 17.3. The maximum absolute atomic E-state index is 13.5. The molecule has 36 heavy (non-hydrogen) atoms. The van der Waals surface area contributed by atoms with Crippen molar-refractivity contribution in [2.24, 2.45) is 13.0 Å². The average molecular weight is 500 g/mol. The van der Waals surface area contributed by atoms with Crippen LogP contribution in [0.1, 0.15) is 20.3 Å². The van der Waals surface area contributed by atoms with E-state index < -0.39 is 0 Å². The van der Waals surface area contributed by atoms with Crippen molar-refractivity contribution in [1.29, 1.82) is 0 Å². The van der Waals surface area contributed by atoms with Crippen molar-refractivity contribution in [2.45, 2.75) is 43.3 Å². The summed E-state index contributed by atoms with van der Waals surface area (Å²) in [5.74, 6) is 0.426. The molecular weight excluding hydrogens is 470 g/mol. The van der Waals surface area contributed by atoms with E-state index in [1.807, 2.05) is 30.5 Å². The molecule has 184 valence electrons. The molecule has 0 aliphatic heterocycles. The van der Waals surface area contributed by atoms with E-state index in [4.69, 9.17) is 0 Å². The zero-order valence-corrected chi connectivity index (χ0v) is 21.5. The number of benzene rings is 2. The second kappa shape index (κ2) is 9.74. The lowest BCUT2D eigenvalue weighted by Crippen LogP contribution is -2.38. The lowest BCUT2D eigenvalue weighted by atomic mass is 10.1. The van der Waals surface area contributed by atoms with Crippen molar-refractivity contribution in [2.75, 3.05) is 0 Å². The van der Waals surface area contributed by atoms with Crippen LogP contribution in [-0.4, -0.2) is 18.8 Å². The van der Waals surface area contributed by atoms with E-state index in [-0.39, 0.29) is 22.9 Å². The number of hydrogen-bond acceptors (Lipinski definition) is 4. The fourth-order valence-corrected chi connectivity index (χ4v) is 5.67. The van der Waals surface area contributed by atoms with Gasteiger partial charge in [0.1, 0.15) is 5.75 Å². The molecule has 0 bridgehead atoms. The van der Waals surface area contributed by atoms with Gasteiger partial charge in [-0.15, -0.1) is 0 Å². The maximum atomic E-state index is 13.5. The minimum Gasteiger partial charge on any atom is -0.508 e. The molecule has 0 amide bonds. The van der Waals surface area contributed by atoms with E-state index in [0.717, 1.165) is 27.1 Å². The Morgan fingerprint density at radius 2 is 1.81 bits per heavy atom. The number of nitrogens with zero attached hydrogens (tertiary/aromatic N) is 3. The molecule has 1 aliphatic rings. The Bertz CT molecular complexity index is 1720. The molecule has 0 atom stereocenters. The Balaban J connectivity index is 1.79. The highest BCUT2D eigenvalue weighted by atomic mass is 32.2. The van der Waals surface area contributed by atoms with Gasteiger partial charge in [0.25, 0.3) is 5.56 Å². The Kier molecular flexibility index (Phi) is 6.49. The highest BCUT2D eigenvalue weighted by molar-refractivity contribution is 7.99. The van der Waals surface area contributed by atoms with Crippen molar-refractivity contribution in [3.8, 4) is 5.75 Å². The van der Waals surface area contributed by atoms with Crippen LogP contribution < -0.4 is 21.7 Å². The van der Waals surface area contributed by atoms with E-state index in [2.05, 4.69) is 48.8 Å². The monoisotopic (exact) mass is 499 g/mol. The molecule has 2 aromatic carbocycles. The number of fused-ring (bicyclic) bond motifs is 2. The van der Waals surface area contributed by atoms with Gasteiger partial charge in [-0.3, -0.25) is 13.9 Å². The fourth-order valence-electron chi connectivity index (χ4n) is 4.65. The fraction of sp³-hybridized carbons (Fsp3) is 0.241. The number of aromatic nitrogens is 3. The normalized spacial score (nSPS) is 13.2. The first-order valence-electron chi connectivity index (χ1n) is 12.1. The quantitative estimate of drug-likeness (QED) is 0.440. The number of phenols is 1. The highest BCUT2D eigenvalue weighted by Crippen LogP contribution is 2.34. The summed E-state index contributed by atoms with van der Waals surface area (Å²) in [4.78, 5) is 27.5. The second-order valence-corrected chi connectivity index (χ2v) is 10.6. The van der Waals surface area contributed by atoms with Crippen molar-refractivity contribution in [3.63, 3.8) is 0 Å². The highest BCUT2D eigenvalue weighted by Gasteiger charge is 2.21. The third kappa shape index (κ3) is 4.46. The summed E-state index contributed by atoms with van der Waals surface area (Å²) < 4.78 is 5.01. The molecule has 7 heteroatoms. The number of rotatable bonds is 6. The topological polar surface area (TPSA) is 69.2 Å². The second-order valence-electron chi connectivity index (χ2n) is 9.52. The van der Waals surface area contributed by atoms with E-state index in [1.165, 1.54) is 21.5 Å². The molecule has 1 aliphatic carbocycles. The van der Waals surface area contributed by atoms with Gasteiger partial charge in [-0.1, -0.05) is 68.1 Å². The molecule has 0 fully saturated rings. The van der Waals surface area contributed by atoms with Crippen molar-refractivity contribution in [3.05, 3.63) is 98.2 Å². The lowest BCUT2D eigenvalue weighted by Gasteiger charge is -2.12. The van der Waals surface area contributed by atoms with Gasteiger partial charge in [-0.05, 0) is 52.6 Å². The Morgan fingerprint density at radius 1 is 1.06 bits per heavy atom. The molecule has 6 nitrogen and oxygen atoms in total. The summed E-state index contributed by atoms with van der Waals surface area (Å²) in [6, 6.07) is 15.3. The SMILES string of the molecule is CC(C)Cn1c(=O)n(C)c(=O)c2c(Sc3ccc(O)cc3)n(CC3=c4ccccc4=CCC=C3)cc21. The van der Waals surface area contributed by atoms with Gasteiger partial charge < -0.3 is 9.67 Å². The van der Waals surface area contributed by atoms with Crippen molar-refractivity contribution in [1.82, 2.24) is 13.7 Å². The van der Waals surface area contributed by atoms with Gasteiger partial charge in [0, 0.05) is 31.2 Å². The van der Waals surface area contributed by atoms with Gasteiger partial charge in [0.15, 0.2) is 0 Å². The first kappa shape index (κ1) is 24.0. The van der Waals surface area contributed by atoms with E-state index in [9.17, 15) is 14.7 Å². The zero-order valence-electron chi connectivity index (χ0n) is 20.6. The molecule has 4 aromatic rings. The van der Waals surface area contributed by atoms with Crippen molar-refractivity contribution >= 4 is 34.3 Å². The van der Waals surface area contributed by atoms with E-state index in [1.54, 1.807) is 23.7 Å². The predicted octanol–water partition coefficient (Wildman–Crippen LogP) is 3.61. The maximum Gasteiger partial charge on any atom is 0.331 e. The zero-order chi connectivity index (χ0) is 25.4. The van der Waals surface area contributed by atoms with Crippen LogP contribution in [-0.2, 0) is 20.1 Å². The predicted molar refractivity (Wildman–Crippen MR) is 146 cm³/mol. The lowest BCUT2D eigenvalue weighted by molar-refractivity contribution is 0.475. The Morgan fingerprint density at radius 3 is 2.56 bits per heavy atom. The average Bonchev–Trinajstić information content (AvgIpc) is 3.07. The molecule has 2 aromatic heterocycles. The van der Waals surface area contributed by atoms with E-state index in [0.29, 0.717) is 24.0 Å². The molecule has 1 N–H and O–H groups in total. The van der Waals surface area contributed by atoms with Crippen LogP contribution in [0.25, 0.3) is 22.6 Å². The minimum atomic E-state index is -0.304. The van der Waals surface area contributed by atoms with Gasteiger partial charge in [-0.2, -0.15) is 0 Å². The number of phenolic OH excluding ortho intramolecular Hbond substituents is 1. The summed E-state index contributed by atoms with van der Waals surface area (Å²) in [6.45, 7) is 5.19. The number of hydrogen-bond donors (Lipinski definition) is 1.